The topological polar surface area (TPSA) is 41.6 Å². The zero-order chi connectivity index (χ0) is 13.8. The summed E-state index contributed by atoms with van der Waals surface area (Å²) in [7, 11) is 1.44. The van der Waals surface area contributed by atoms with Gasteiger partial charge in [-0.1, -0.05) is 6.07 Å². The average Bonchev–Trinajstić information content (AvgIpc) is 2.38. The van der Waals surface area contributed by atoms with Crippen molar-refractivity contribution in [3.63, 3.8) is 0 Å². The molecule has 1 aromatic rings. The molecule has 0 radical (unpaired) electrons. The minimum Gasteiger partial charge on any atom is -0.469 e. The smallest absolute Gasteiger partial charge is 0.307 e. The molecule has 0 aliphatic carbocycles. The zero-order valence-corrected chi connectivity index (χ0v) is 11.9. The molecule has 1 unspecified atom stereocenters. The number of ether oxygens (including phenoxy) is 1. The number of nitrogens with one attached hydrogen (secondary N) is 1. The molecule has 0 saturated carbocycles. The van der Waals surface area contributed by atoms with Gasteiger partial charge in [-0.25, -0.2) is 0 Å². The van der Waals surface area contributed by atoms with Crippen molar-refractivity contribution >= 4 is 11.7 Å². The van der Waals surface area contributed by atoms with Gasteiger partial charge in [0, 0.05) is 25.3 Å². The number of hydrogen-bond acceptors (Lipinski definition) is 4. The molecule has 1 aromatic carbocycles. The van der Waals surface area contributed by atoms with Crippen molar-refractivity contribution in [2.45, 2.75) is 26.3 Å². The van der Waals surface area contributed by atoms with Crippen molar-refractivity contribution in [3.05, 3.63) is 29.3 Å². The molecule has 1 N–H and O–H groups in total. The van der Waals surface area contributed by atoms with Crippen molar-refractivity contribution in [1.82, 2.24) is 5.32 Å². The first-order valence-corrected chi connectivity index (χ1v) is 6.72. The monoisotopic (exact) mass is 262 g/mol. The molecule has 1 atom stereocenters. The Hall–Kier alpha value is -1.55. The van der Waals surface area contributed by atoms with Crippen LogP contribution < -0.4 is 10.2 Å². The molecule has 2 rings (SSSR count). The number of rotatable bonds is 3. The number of methoxy groups -OCH3 is 1. The molecular weight excluding hydrogens is 240 g/mol. The number of carbonyl (C=O) groups is 1. The van der Waals surface area contributed by atoms with E-state index in [-0.39, 0.29) is 12.0 Å². The lowest BCUT2D eigenvalue weighted by Crippen LogP contribution is -2.52. The van der Waals surface area contributed by atoms with Crippen LogP contribution in [0.25, 0.3) is 0 Å². The van der Waals surface area contributed by atoms with Crippen molar-refractivity contribution in [2.24, 2.45) is 0 Å². The summed E-state index contributed by atoms with van der Waals surface area (Å²) >= 11 is 0. The largest absolute Gasteiger partial charge is 0.469 e. The number of piperazine rings is 1. The van der Waals surface area contributed by atoms with E-state index in [0.717, 1.165) is 19.6 Å². The van der Waals surface area contributed by atoms with Gasteiger partial charge in [0.05, 0.1) is 19.6 Å². The summed E-state index contributed by atoms with van der Waals surface area (Å²) in [6, 6.07) is 6.70. The second-order valence-electron chi connectivity index (χ2n) is 5.18. The highest BCUT2D eigenvalue weighted by Gasteiger charge is 2.25. The molecule has 1 fully saturated rings. The Morgan fingerprint density at radius 2 is 2.05 bits per heavy atom. The second-order valence-corrected chi connectivity index (χ2v) is 5.18. The van der Waals surface area contributed by atoms with E-state index in [2.05, 4.69) is 42.3 Å². The van der Waals surface area contributed by atoms with Crippen LogP contribution in [0.4, 0.5) is 5.69 Å². The fraction of sp³-hybridized carbons (Fsp3) is 0.533. The number of anilines is 1. The van der Waals surface area contributed by atoms with Crippen molar-refractivity contribution in [3.8, 4) is 0 Å². The Morgan fingerprint density at radius 3 is 2.68 bits per heavy atom. The zero-order valence-electron chi connectivity index (χ0n) is 11.9. The minimum atomic E-state index is -0.150. The lowest BCUT2D eigenvalue weighted by atomic mass is 10.1. The molecule has 0 bridgehead atoms. The van der Waals surface area contributed by atoms with Gasteiger partial charge in [0.1, 0.15) is 0 Å². The van der Waals surface area contributed by atoms with Crippen LogP contribution in [0.2, 0.25) is 0 Å². The quantitative estimate of drug-likeness (QED) is 0.841. The van der Waals surface area contributed by atoms with Gasteiger partial charge in [-0.05, 0) is 37.1 Å². The third-order valence-corrected chi connectivity index (χ3v) is 3.52. The standard InChI is InChI=1S/C15H22N2O2/c1-11-6-12(2)8-13(7-11)17-5-4-16-10-14(17)9-15(18)19-3/h6-8,14,16H,4-5,9-10H2,1-3H3. The molecule has 104 valence electrons. The molecule has 19 heavy (non-hydrogen) atoms. The van der Waals surface area contributed by atoms with Gasteiger partial charge < -0.3 is 15.0 Å². The molecule has 1 saturated heterocycles. The van der Waals surface area contributed by atoms with E-state index in [1.807, 2.05) is 0 Å². The Bertz CT molecular complexity index is 439. The van der Waals surface area contributed by atoms with Gasteiger partial charge in [0.2, 0.25) is 0 Å². The molecule has 0 spiro atoms. The summed E-state index contributed by atoms with van der Waals surface area (Å²) in [6.45, 7) is 6.90. The minimum absolute atomic E-state index is 0.150. The van der Waals surface area contributed by atoms with Gasteiger partial charge in [-0.2, -0.15) is 0 Å². The first kappa shape index (κ1) is 13.9. The van der Waals surface area contributed by atoms with Gasteiger partial charge in [0.15, 0.2) is 0 Å². The highest BCUT2D eigenvalue weighted by atomic mass is 16.5. The molecule has 4 nitrogen and oxygen atoms in total. The summed E-state index contributed by atoms with van der Waals surface area (Å²) in [5.41, 5.74) is 3.71. The van der Waals surface area contributed by atoms with Crippen LogP contribution in [0.1, 0.15) is 17.5 Å². The van der Waals surface area contributed by atoms with Gasteiger partial charge >= 0.3 is 5.97 Å². The van der Waals surface area contributed by atoms with E-state index in [0.29, 0.717) is 6.42 Å². The maximum absolute atomic E-state index is 11.5. The lowest BCUT2D eigenvalue weighted by molar-refractivity contribution is -0.141. The number of aryl methyl sites for hydroxylation is 2. The first-order valence-electron chi connectivity index (χ1n) is 6.72. The summed E-state index contributed by atoms with van der Waals surface area (Å²) in [4.78, 5) is 13.8. The summed E-state index contributed by atoms with van der Waals surface area (Å²) in [5.74, 6) is -0.150. The summed E-state index contributed by atoms with van der Waals surface area (Å²) < 4.78 is 4.79. The van der Waals surface area contributed by atoms with Crippen LogP contribution in [-0.4, -0.2) is 38.8 Å². The fourth-order valence-corrected chi connectivity index (χ4v) is 2.68. The predicted octanol–water partition coefficient (Wildman–Crippen LogP) is 1.64. The average molecular weight is 262 g/mol. The first-order chi connectivity index (χ1) is 9.10. The number of hydrogen-bond donors (Lipinski definition) is 1. The van der Waals surface area contributed by atoms with Gasteiger partial charge in [-0.3, -0.25) is 4.79 Å². The maximum Gasteiger partial charge on any atom is 0.307 e. The van der Waals surface area contributed by atoms with Crippen LogP contribution in [0, 0.1) is 13.8 Å². The van der Waals surface area contributed by atoms with E-state index in [9.17, 15) is 4.79 Å². The van der Waals surface area contributed by atoms with Crippen LogP contribution in [-0.2, 0) is 9.53 Å². The van der Waals surface area contributed by atoms with E-state index < -0.39 is 0 Å². The van der Waals surface area contributed by atoms with Crippen molar-refractivity contribution < 1.29 is 9.53 Å². The summed E-state index contributed by atoms with van der Waals surface area (Å²) in [5, 5.41) is 3.34. The Labute approximate surface area is 114 Å². The third kappa shape index (κ3) is 3.47. The van der Waals surface area contributed by atoms with E-state index in [4.69, 9.17) is 4.74 Å². The molecule has 0 aromatic heterocycles. The Balaban J connectivity index is 2.20. The highest BCUT2D eigenvalue weighted by Crippen LogP contribution is 2.23. The number of benzene rings is 1. The van der Waals surface area contributed by atoms with Crippen molar-refractivity contribution in [1.29, 1.82) is 0 Å². The molecule has 1 aliphatic heterocycles. The summed E-state index contributed by atoms with van der Waals surface area (Å²) in [6.07, 6.45) is 0.427. The normalized spacial score (nSPS) is 19.3. The molecule has 1 aliphatic rings. The molecular formula is C15H22N2O2. The molecule has 4 heteroatoms. The van der Waals surface area contributed by atoms with Gasteiger partial charge in [-0.15, -0.1) is 0 Å². The number of esters is 1. The van der Waals surface area contributed by atoms with E-state index in [1.165, 1.54) is 23.9 Å². The van der Waals surface area contributed by atoms with Gasteiger partial charge in [0.25, 0.3) is 0 Å². The Kier molecular flexibility index (Phi) is 4.43. The fourth-order valence-electron chi connectivity index (χ4n) is 2.68. The van der Waals surface area contributed by atoms with Crippen LogP contribution >= 0.6 is 0 Å². The van der Waals surface area contributed by atoms with E-state index >= 15 is 0 Å². The second kappa shape index (κ2) is 6.06. The highest BCUT2D eigenvalue weighted by molar-refractivity contribution is 5.71. The van der Waals surface area contributed by atoms with Crippen molar-refractivity contribution in [2.75, 3.05) is 31.6 Å². The van der Waals surface area contributed by atoms with Crippen LogP contribution in [0.15, 0.2) is 18.2 Å². The Morgan fingerprint density at radius 1 is 1.37 bits per heavy atom. The predicted molar refractivity (Wildman–Crippen MR) is 76.6 cm³/mol. The van der Waals surface area contributed by atoms with Crippen LogP contribution in [0.5, 0.6) is 0 Å². The SMILES string of the molecule is COC(=O)CC1CNCCN1c1cc(C)cc(C)c1. The third-order valence-electron chi connectivity index (χ3n) is 3.52. The van der Waals surface area contributed by atoms with Crippen LogP contribution in [0.3, 0.4) is 0 Å². The lowest BCUT2D eigenvalue weighted by Gasteiger charge is -2.37. The number of carbonyl (C=O) groups excluding carboxylic acids is 1. The molecule has 1 heterocycles. The number of nitrogens with zero attached hydrogens (tertiary/aromatic N) is 1. The maximum atomic E-state index is 11.5. The van der Waals surface area contributed by atoms with E-state index in [1.54, 1.807) is 0 Å². The molecule has 0 amide bonds.